The number of carbonyl (C=O) groups excluding carboxylic acids is 1. The Morgan fingerprint density at radius 1 is 1.19 bits per heavy atom. The molecule has 1 fully saturated rings. The number of sulfonamides is 1. The molecule has 1 aliphatic rings. The van der Waals surface area contributed by atoms with Crippen molar-refractivity contribution in [3.8, 4) is 5.75 Å². The van der Waals surface area contributed by atoms with E-state index in [0.717, 1.165) is 4.31 Å². The lowest BCUT2D eigenvalue weighted by atomic mass is 9.86. The average molecular weight is 384 g/mol. The lowest BCUT2D eigenvalue weighted by Gasteiger charge is -2.27. The Hall–Kier alpha value is -2.13. The summed E-state index contributed by atoms with van der Waals surface area (Å²) in [6.45, 7) is 0. The van der Waals surface area contributed by atoms with Crippen molar-refractivity contribution in [3.63, 3.8) is 0 Å². The van der Waals surface area contributed by atoms with Crippen LogP contribution in [0, 0.1) is 5.92 Å². The molecule has 144 valence electrons. The zero-order chi connectivity index (χ0) is 19.5. The van der Waals surface area contributed by atoms with E-state index >= 15 is 0 Å². The standard InChI is InChI=1S/C17H24N2O6S/c1-19(2)26(23,24)15-10-12(6-9-14(15)25-3)16(20)18-13-7-4-11(5-8-13)17(21)22/h6,9-11,13H,4-5,7-8H2,1-3H3,(H,18,20)(H,21,22). The topological polar surface area (TPSA) is 113 Å². The van der Waals surface area contributed by atoms with Crippen molar-refractivity contribution in [1.29, 1.82) is 0 Å². The summed E-state index contributed by atoms with van der Waals surface area (Å²) in [6.07, 6.45) is 2.20. The smallest absolute Gasteiger partial charge is 0.306 e. The van der Waals surface area contributed by atoms with Crippen molar-refractivity contribution in [2.75, 3.05) is 21.2 Å². The van der Waals surface area contributed by atoms with Gasteiger partial charge in [0.15, 0.2) is 0 Å². The van der Waals surface area contributed by atoms with Crippen LogP contribution in [0.25, 0.3) is 0 Å². The number of benzene rings is 1. The predicted octanol–water partition coefficient (Wildman–Crippen LogP) is 1.32. The SMILES string of the molecule is COc1ccc(C(=O)NC2CCC(C(=O)O)CC2)cc1S(=O)(=O)N(C)C. The van der Waals surface area contributed by atoms with Gasteiger partial charge < -0.3 is 15.2 Å². The van der Waals surface area contributed by atoms with E-state index in [2.05, 4.69) is 5.32 Å². The first-order valence-electron chi connectivity index (χ1n) is 8.31. The third-order valence-electron chi connectivity index (χ3n) is 4.60. The van der Waals surface area contributed by atoms with Gasteiger partial charge in [-0.3, -0.25) is 9.59 Å². The number of carbonyl (C=O) groups is 2. The van der Waals surface area contributed by atoms with Crippen molar-refractivity contribution in [2.45, 2.75) is 36.6 Å². The molecule has 2 rings (SSSR count). The molecule has 8 nitrogen and oxygen atoms in total. The Kier molecular flexibility index (Phi) is 6.25. The largest absolute Gasteiger partial charge is 0.495 e. The second-order valence-corrected chi connectivity index (χ2v) is 8.63. The van der Waals surface area contributed by atoms with E-state index in [1.807, 2.05) is 0 Å². The lowest BCUT2D eigenvalue weighted by Crippen LogP contribution is -2.38. The molecule has 0 atom stereocenters. The van der Waals surface area contributed by atoms with Crippen molar-refractivity contribution < 1.29 is 27.9 Å². The predicted molar refractivity (Wildman–Crippen MR) is 94.7 cm³/mol. The molecular weight excluding hydrogens is 360 g/mol. The Bertz CT molecular complexity index is 782. The second-order valence-electron chi connectivity index (χ2n) is 6.51. The number of nitrogens with zero attached hydrogens (tertiary/aromatic N) is 1. The molecule has 2 N–H and O–H groups in total. The highest BCUT2D eigenvalue weighted by Crippen LogP contribution is 2.28. The third kappa shape index (κ3) is 4.34. The van der Waals surface area contributed by atoms with Crippen molar-refractivity contribution in [2.24, 2.45) is 5.92 Å². The van der Waals surface area contributed by atoms with Crippen LogP contribution >= 0.6 is 0 Å². The molecule has 0 saturated heterocycles. The molecule has 1 amide bonds. The van der Waals surface area contributed by atoms with Gasteiger partial charge in [-0.25, -0.2) is 12.7 Å². The van der Waals surface area contributed by atoms with E-state index in [4.69, 9.17) is 9.84 Å². The maximum Gasteiger partial charge on any atom is 0.306 e. The molecule has 0 radical (unpaired) electrons. The van der Waals surface area contributed by atoms with Gasteiger partial charge in [0, 0.05) is 25.7 Å². The van der Waals surface area contributed by atoms with Gasteiger partial charge >= 0.3 is 5.97 Å². The first-order valence-corrected chi connectivity index (χ1v) is 9.75. The van der Waals surface area contributed by atoms with Gasteiger partial charge in [0.25, 0.3) is 5.91 Å². The summed E-state index contributed by atoms with van der Waals surface area (Å²) in [5, 5.41) is 11.9. The first-order chi connectivity index (χ1) is 12.2. The van der Waals surface area contributed by atoms with Crippen LogP contribution in [0.3, 0.4) is 0 Å². The van der Waals surface area contributed by atoms with Gasteiger partial charge in [0.2, 0.25) is 10.0 Å². The fourth-order valence-electron chi connectivity index (χ4n) is 2.97. The number of hydrogen-bond donors (Lipinski definition) is 2. The third-order valence-corrected chi connectivity index (χ3v) is 6.43. The van der Waals surface area contributed by atoms with E-state index in [0.29, 0.717) is 25.7 Å². The molecule has 0 aromatic heterocycles. The molecule has 0 bridgehead atoms. The van der Waals surface area contributed by atoms with E-state index in [1.165, 1.54) is 39.4 Å². The van der Waals surface area contributed by atoms with Gasteiger partial charge in [-0.1, -0.05) is 0 Å². The number of carboxylic acid groups (broad SMARTS) is 1. The number of nitrogens with one attached hydrogen (secondary N) is 1. The number of aliphatic carboxylic acids is 1. The summed E-state index contributed by atoms with van der Waals surface area (Å²) >= 11 is 0. The Morgan fingerprint density at radius 2 is 1.81 bits per heavy atom. The maximum absolute atomic E-state index is 12.5. The quantitative estimate of drug-likeness (QED) is 0.765. The molecule has 0 unspecified atom stereocenters. The minimum Gasteiger partial charge on any atom is -0.495 e. The summed E-state index contributed by atoms with van der Waals surface area (Å²) in [7, 11) is 0.414. The number of hydrogen-bond acceptors (Lipinski definition) is 5. The summed E-state index contributed by atoms with van der Waals surface area (Å²) in [4.78, 5) is 23.4. The van der Waals surface area contributed by atoms with Gasteiger partial charge in [-0.2, -0.15) is 0 Å². The van der Waals surface area contributed by atoms with Crippen LogP contribution in [0.4, 0.5) is 0 Å². The zero-order valence-corrected chi connectivity index (χ0v) is 15.9. The molecule has 1 aromatic carbocycles. The normalized spacial score (nSPS) is 20.6. The van der Waals surface area contributed by atoms with Crippen LogP contribution in [0.2, 0.25) is 0 Å². The lowest BCUT2D eigenvalue weighted by molar-refractivity contribution is -0.142. The van der Waals surface area contributed by atoms with Crippen molar-refractivity contribution >= 4 is 21.9 Å². The molecule has 0 spiro atoms. The Morgan fingerprint density at radius 3 is 2.31 bits per heavy atom. The highest BCUT2D eigenvalue weighted by molar-refractivity contribution is 7.89. The van der Waals surface area contributed by atoms with E-state index < -0.39 is 16.0 Å². The first kappa shape index (κ1) is 20.2. The Balaban J connectivity index is 2.16. The average Bonchev–Trinajstić information content (AvgIpc) is 2.61. The maximum atomic E-state index is 12.5. The van der Waals surface area contributed by atoms with Crippen LogP contribution in [0.15, 0.2) is 23.1 Å². The van der Waals surface area contributed by atoms with Crippen molar-refractivity contribution in [3.05, 3.63) is 23.8 Å². The van der Waals surface area contributed by atoms with Crippen LogP contribution in [-0.4, -0.2) is 57.0 Å². The van der Waals surface area contributed by atoms with E-state index in [-0.39, 0.29) is 34.1 Å². The fourth-order valence-corrected chi connectivity index (χ4v) is 4.04. The highest BCUT2D eigenvalue weighted by Gasteiger charge is 2.28. The number of methoxy groups -OCH3 is 1. The number of amides is 1. The van der Waals surface area contributed by atoms with Gasteiger partial charge in [0.1, 0.15) is 10.6 Å². The molecule has 1 aromatic rings. The summed E-state index contributed by atoms with van der Waals surface area (Å²) in [5.74, 6) is -1.39. The van der Waals surface area contributed by atoms with Crippen LogP contribution in [-0.2, 0) is 14.8 Å². The molecule has 1 saturated carbocycles. The minimum absolute atomic E-state index is 0.0766. The second kappa shape index (κ2) is 8.05. The molecule has 26 heavy (non-hydrogen) atoms. The number of ether oxygens (including phenoxy) is 1. The monoisotopic (exact) mass is 384 g/mol. The minimum atomic E-state index is -3.76. The molecule has 0 aliphatic heterocycles. The highest BCUT2D eigenvalue weighted by atomic mass is 32.2. The molecule has 9 heteroatoms. The molecular formula is C17H24N2O6S. The number of carboxylic acids is 1. The molecule has 1 aliphatic carbocycles. The fraction of sp³-hybridized carbons (Fsp3) is 0.529. The summed E-state index contributed by atoms with van der Waals surface area (Å²) < 4.78 is 31.0. The zero-order valence-electron chi connectivity index (χ0n) is 15.1. The van der Waals surface area contributed by atoms with Crippen LogP contribution < -0.4 is 10.1 Å². The van der Waals surface area contributed by atoms with E-state index in [1.54, 1.807) is 0 Å². The summed E-state index contributed by atoms with van der Waals surface area (Å²) in [5.41, 5.74) is 0.214. The van der Waals surface area contributed by atoms with Crippen LogP contribution in [0.5, 0.6) is 5.75 Å². The van der Waals surface area contributed by atoms with Crippen molar-refractivity contribution in [1.82, 2.24) is 9.62 Å². The molecule has 0 heterocycles. The van der Waals surface area contributed by atoms with Gasteiger partial charge in [-0.05, 0) is 43.9 Å². The van der Waals surface area contributed by atoms with Gasteiger partial charge in [0.05, 0.1) is 13.0 Å². The van der Waals surface area contributed by atoms with Gasteiger partial charge in [-0.15, -0.1) is 0 Å². The Labute approximate surface area is 153 Å². The summed E-state index contributed by atoms with van der Waals surface area (Å²) in [6, 6.07) is 4.14. The van der Waals surface area contributed by atoms with Crippen LogP contribution in [0.1, 0.15) is 36.0 Å². The van der Waals surface area contributed by atoms with E-state index in [9.17, 15) is 18.0 Å². The number of rotatable bonds is 6.